The Hall–Kier alpha value is -6.59. The molecule has 5 nitrogen and oxygen atoms in total. The summed E-state index contributed by atoms with van der Waals surface area (Å²) in [5, 5.41) is 5.97. The van der Waals surface area contributed by atoms with E-state index in [4.69, 9.17) is 4.98 Å². The molecule has 0 saturated heterocycles. The van der Waals surface area contributed by atoms with Gasteiger partial charge < -0.3 is 19.2 Å². The number of imidazole rings is 1. The molecule has 1 aliphatic rings. The molecule has 1 aliphatic heterocycles. The molecule has 1 N–H and O–H groups in total. The number of para-hydroxylation sites is 1. The van der Waals surface area contributed by atoms with Gasteiger partial charge in [-0.05, 0) is 88.5 Å². The quantitative estimate of drug-likeness (QED) is 0.187. The van der Waals surface area contributed by atoms with Crippen LogP contribution in [0, 0.1) is 0 Å². The predicted molar refractivity (Wildman–Crippen MR) is 208 cm³/mol. The summed E-state index contributed by atoms with van der Waals surface area (Å²) in [6, 6.07) is 47.8. The van der Waals surface area contributed by atoms with Crippen molar-refractivity contribution in [2.24, 2.45) is 0 Å². The van der Waals surface area contributed by atoms with Crippen molar-refractivity contribution in [1.29, 1.82) is 0 Å². The molecule has 0 radical (unpaired) electrons. The van der Waals surface area contributed by atoms with Crippen LogP contribution in [0.4, 0.5) is 0 Å². The Labute approximate surface area is 291 Å². The summed E-state index contributed by atoms with van der Waals surface area (Å²) >= 11 is 0. The van der Waals surface area contributed by atoms with Crippen LogP contribution >= 0.6 is 0 Å². The number of rotatable bonds is 7. The first-order chi connectivity index (χ1) is 24.6. The smallest absolute Gasteiger partial charge is 0.137 e. The number of nitrogens with one attached hydrogen (secondary N) is 1. The highest BCUT2D eigenvalue weighted by atomic mass is 15.2. The van der Waals surface area contributed by atoms with Gasteiger partial charge in [0.15, 0.2) is 0 Å². The minimum absolute atomic E-state index is 0.0801. The Balaban J connectivity index is 1.08. The fraction of sp³-hybridized carbons (Fsp3) is 0.0444. The number of aromatic nitrogens is 3. The van der Waals surface area contributed by atoms with Gasteiger partial charge in [0, 0.05) is 53.4 Å². The lowest BCUT2D eigenvalue weighted by Gasteiger charge is -2.28. The molecule has 1 unspecified atom stereocenters. The van der Waals surface area contributed by atoms with Gasteiger partial charge in [0.1, 0.15) is 11.8 Å². The zero-order valence-electron chi connectivity index (χ0n) is 27.7. The molecule has 0 bridgehead atoms. The Kier molecular flexibility index (Phi) is 7.17. The molecule has 0 aliphatic carbocycles. The van der Waals surface area contributed by atoms with Gasteiger partial charge in [-0.3, -0.25) is 0 Å². The number of hydrogen-bond donors (Lipinski definition) is 1. The van der Waals surface area contributed by atoms with Crippen LogP contribution < -0.4 is 5.32 Å². The van der Waals surface area contributed by atoms with Gasteiger partial charge in [0.05, 0.1) is 16.7 Å². The predicted octanol–water partition coefficient (Wildman–Crippen LogP) is 10.3. The maximum absolute atomic E-state index is 4.81. The second-order valence-electron chi connectivity index (χ2n) is 12.8. The monoisotopic (exact) mass is 645 g/mol. The van der Waals surface area contributed by atoms with E-state index in [0.29, 0.717) is 0 Å². The lowest BCUT2D eigenvalue weighted by molar-refractivity contribution is 0.356. The van der Waals surface area contributed by atoms with Gasteiger partial charge in [-0.15, -0.1) is 0 Å². The van der Waals surface area contributed by atoms with E-state index in [1.807, 2.05) is 30.5 Å². The van der Waals surface area contributed by atoms with Crippen molar-refractivity contribution in [3.63, 3.8) is 0 Å². The summed E-state index contributed by atoms with van der Waals surface area (Å²) in [5.74, 6) is 0. The minimum atomic E-state index is 0.0801. The first kappa shape index (κ1) is 29.5. The number of benzene rings is 5. The molecular formula is C45H35N5. The van der Waals surface area contributed by atoms with E-state index in [-0.39, 0.29) is 6.17 Å². The third-order valence-electron chi connectivity index (χ3n) is 9.71. The molecule has 3 aromatic heterocycles. The van der Waals surface area contributed by atoms with E-state index in [1.54, 1.807) is 0 Å². The molecule has 240 valence electrons. The number of hydrogen-bond acceptors (Lipinski definition) is 3. The van der Waals surface area contributed by atoms with Gasteiger partial charge in [-0.25, -0.2) is 4.98 Å². The largest absolute Gasteiger partial charge is 0.362 e. The molecule has 50 heavy (non-hydrogen) atoms. The van der Waals surface area contributed by atoms with Crippen molar-refractivity contribution >= 4 is 33.2 Å². The van der Waals surface area contributed by atoms with Crippen molar-refractivity contribution in [2.45, 2.75) is 6.17 Å². The Morgan fingerprint density at radius 3 is 1.94 bits per heavy atom. The molecule has 0 spiro atoms. The Morgan fingerprint density at radius 1 is 0.660 bits per heavy atom. The summed E-state index contributed by atoms with van der Waals surface area (Å²) in [4.78, 5) is 6.94. The summed E-state index contributed by atoms with van der Waals surface area (Å²) < 4.78 is 4.43. The highest BCUT2D eigenvalue weighted by Gasteiger charge is 2.16. The first-order valence-electron chi connectivity index (χ1n) is 16.9. The van der Waals surface area contributed by atoms with Crippen LogP contribution in [0.2, 0.25) is 0 Å². The van der Waals surface area contributed by atoms with Gasteiger partial charge >= 0.3 is 0 Å². The minimum Gasteiger partial charge on any atom is -0.362 e. The zero-order valence-corrected chi connectivity index (χ0v) is 27.7. The molecule has 5 aromatic carbocycles. The Bertz CT molecular complexity index is 2550. The normalized spacial score (nSPS) is 14.2. The fourth-order valence-corrected chi connectivity index (χ4v) is 7.00. The van der Waals surface area contributed by atoms with E-state index in [0.717, 1.165) is 33.9 Å². The maximum Gasteiger partial charge on any atom is 0.137 e. The van der Waals surface area contributed by atoms with Crippen LogP contribution in [-0.4, -0.2) is 32.1 Å². The number of fused-ring (bicyclic) bond motifs is 4. The van der Waals surface area contributed by atoms with Gasteiger partial charge in [0.2, 0.25) is 0 Å². The average molecular weight is 646 g/mol. The van der Waals surface area contributed by atoms with E-state index in [1.165, 1.54) is 44.1 Å². The van der Waals surface area contributed by atoms with Gasteiger partial charge in [-0.1, -0.05) is 97.6 Å². The summed E-state index contributed by atoms with van der Waals surface area (Å²) in [6.07, 6.45) is 12.5. The molecule has 8 aromatic rings. The van der Waals surface area contributed by atoms with E-state index >= 15 is 0 Å². The number of pyridine rings is 1. The van der Waals surface area contributed by atoms with Crippen LogP contribution in [-0.2, 0) is 0 Å². The number of allylic oxidation sites excluding steroid dienone is 2. The fourth-order valence-electron chi connectivity index (χ4n) is 7.00. The second-order valence-corrected chi connectivity index (χ2v) is 12.8. The van der Waals surface area contributed by atoms with E-state index < -0.39 is 0 Å². The van der Waals surface area contributed by atoms with E-state index in [9.17, 15) is 0 Å². The lowest BCUT2D eigenvalue weighted by atomic mass is 9.99. The molecule has 0 fully saturated rings. The van der Waals surface area contributed by atoms with Crippen molar-refractivity contribution < 1.29 is 0 Å². The van der Waals surface area contributed by atoms with Crippen molar-refractivity contribution in [3.05, 3.63) is 182 Å². The van der Waals surface area contributed by atoms with Crippen molar-refractivity contribution in [3.8, 4) is 39.2 Å². The summed E-state index contributed by atoms with van der Waals surface area (Å²) in [5.41, 5.74) is 13.2. The number of likely N-dealkylation sites (N-methyl/N-ethyl adjacent to an activating group) is 1. The van der Waals surface area contributed by atoms with Crippen molar-refractivity contribution in [1.82, 2.24) is 24.2 Å². The number of nitrogens with zero attached hydrogens (tertiary/aromatic N) is 4. The molecule has 1 atom stereocenters. The molecule has 0 amide bonds. The van der Waals surface area contributed by atoms with Crippen LogP contribution in [0.15, 0.2) is 177 Å². The topological polar surface area (TPSA) is 37.5 Å². The first-order valence-corrected chi connectivity index (χ1v) is 16.9. The zero-order chi connectivity index (χ0) is 33.6. The van der Waals surface area contributed by atoms with Crippen LogP contribution in [0.5, 0.6) is 0 Å². The third kappa shape index (κ3) is 5.26. The van der Waals surface area contributed by atoms with Crippen LogP contribution in [0.1, 0.15) is 5.56 Å². The third-order valence-corrected chi connectivity index (χ3v) is 9.71. The standard InChI is InChI=1S/C45H35N5/c1-31(46-44-12-6-8-26-48(44)2)32-14-16-33(17-15-32)36-22-24-42-39(28-36)40-29-37(23-25-43(40)50(42)38-10-4-3-5-11-38)34-18-20-35(21-19-34)41-30-49-27-9-7-13-45(49)47-41/h3-30,44,46H,1H2,2H3. The SMILES string of the molecule is C=C(NC1C=CC=CN1C)c1ccc(-c2ccc3c(c2)c2cc(-c4ccc(-c5cn6ccccc6n5)cc4)ccc2n3-c2ccccc2)cc1. The average Bonchev–Trinajstić information content (AvgIpc) is 3.75. The molecule has 4 heterocycles. The molecule has 5 heteroatoms. The molecular weight excluding hydrogens is 611 g/mol. The highest BCUT2D eigenvalue weighted by molar-refractivity contribution is 6.11. The van der Waals surface area contributed by atoms with E-state index in [2.05, 4.69) is 173 Å². The van der Waals surface area contributed by atoms with Crippen LogP contribution in [0.3, 0.4) is 0 Å². The van der Waals surface area contributed by atoms with Crippen LogP contribution in [0.25, 0.3) is 72.3 Å². The summed E-state index contributed by atoms with van der Waals surface area (Å²) in [7, 11) is 2.06. The van der Waals surface area contributed by atoms with Gasteiger partial charge in [-0.2, -0.15) is 0 Å². The highest BCUT2D eigenvalue weighted by Crippen LogP contribution is 2.37. The second kappa shape index (κ2) is 12.1. The molecule has 9 rings (SSSR count). The summed E-state index contributed by atoms with van der Waals surface area (Å²) in [6.45, 7) is 4.32. The van der Waals surface area contributed by atoms with Crippen molar-refractivity contribution in [2.75, 3.05) is 7.05 Å². The maximum atomic E-state index is 4.81. The Morgan fingerprint density at radius 2 is 1.28 bits per heavy atom. The molecule has 0 saturated carbocycles. The lowest BCUT2D eigenvalue weighted by Crippen LogP contribution is -2.38. The van der Waals surface area contributed by atoms with Gasteiger partial charge in [0.25, 0.3) is 0 Å².